The van der Waals surface area contributed by atoms with E-state index in [0.717, 1.165) is 0 Å². The van der Waals surface area contributed by atoms with E-state index in [4.69, 9.17) is 17.3 Å². The predicted octanol–water partition coefficient (Wildman–Crippen LogP) is 1.99. The minimum absolute atomic E-state index is 0.133. The van der Waals surface area contributed by atoms with Crippen LogP contribution in [0.15, 0.2) is 18.2 Å². The van der Waals surface area contributed by atoms with Crippen molar-refractivity contribution in [1.29, 1.82) is 0 Å². The van der Waals surface area contributed by atoms with E-state index in [1.807, 2.05) is 32.8 Å². The molecule has 18 heavy (non-hydrogen) atoms. The zero-order valence-electron chi connectivity index (χ0n) is 11.2. The normalized spacial score (nSPS) is 11.7. The zero-order chi connectivity index (χ0) is 13.9. The fraction of sp³-hybridized carbons (Fsp3) is 0.462. The van der Waals surface area contributed by atoms with Crippen molar-refractivity contribution in [2.24, 2.45) is 0 Å². The number of carbonyl (C=O) groups is 1. The first-order chi connectivity index (χ1) is 8.25. The molecule has 0 spiro atoms. The molecule has 0 aliphatic carbocycles. The van der Waals surface area contributed by atoms with Gasteiger partial charge in [0, 0.05) is 17.8 Å². The Labute approximate surface area is 113 Å². The van der Waals surface area contributed by atoms with E-state index in [1.165, 1.54) is 0 Å². The van der Waals surface area contributed by atoms with Crippen molar-refractivity contribution in [2.75, 3.05) is 26.4 Å². The van der Waals surface area contributed by atoms with Gasteiger partial charge in [0.1, 0.15) is 0 Å². The van der Waals surface area contributed by atoms with Crippen LogP contribution in [0.1, 0.15) is 24.2 Å². The highest BCUT2D eigenvalue weighted by molar-refractivity contribution is 6.34. The Morgan fingerprint density at radius 2 is 2.06 bits per heavy atom. The summed E-state index contributed by atoms with van der Waals surface area (Å²) in [4.78, 5) is 14.1. The maximum atomic E-state index is 12.1. The number of nitrogens with zero attached hydrogens (tertiary/aromatic N) is 1. The van der Waals surface area contributed by atoms with Crippen molar-refractivity contribution in [3.05, 3.63) is 28.8 Å². The van der Waals surface area contributed by atoms with Crippen LogP contribution < -0.4 is 11.1 Å². The summed E-state index contributed by atoms with van der Waals surface area (Å²) in [5.74, 6) is -0.243. The molecule has 1 aromatic rings. The van der Waals surface area contributed by atoms with Gasteiger partial charge in [-0.15, -0.1) is 0 Å². The van der Waals surface area contributed by atoms with Crippen molar-refractivity contribution in [1.82, 2.24) is 10.2 Å². The van der Waals surface area contributed by atoms with E-state index in [2.05, 4.69) is 5.32 Å². The van der Waals surface area contributed by atoms with E-state index in [0.29, 0.717) is 22.8 Å². The standard InChI is InChI=1S/C13H20ClN3O/c1-13(2,17(3)4)8-16-12(18)11-9(14)6-5-7-10(11)15/h5-7H,8,15H2,1-4H3,(H,16,18). The molecule has 0 atom stereocenters. The van der Waals surface area contributed by atoms with E-state index in [9.17, 15) is 4.79 Å². The lowest BCUT2D eigenvalue weighted by molar-refractivity contribution is 0.0920. The first-order valence-electron chi connectivity index (χ1n) is 5.75. The Morgan fingerprint density at radius 3 is 2.56 bits per heavy atom. The second-order valence-electron chi connectivity index (χ2n) is 5.09. The molecule has 4 nitrogen and oxygen atoms in total. The highest BCUT2D eigenvalue weighted by atomic mass is 35.5. The molecule has 0 heterocycles. The van der Waals surface area contributed by atoms with Gasteiger partial charge in [0.15, 0.2) is 0 Å². The third-order valence-corrected chi connectivity index (χ3v) is 3.48. The number of benzene rings is 1. The number of nitrogen functional groups attached to an aromatic ring is 1. The Hall–Kier alpha value is -1.26. The SMILES string of the molecule is CN(C)C(C)(C)CNC(=O)c1c(N)cccc1Cl. The average Bonchev–Trinajstić information content (AvgIpc) is 2.26. The highest BCUT2D eigenvalue weighted by Gasteiger charge is 2.22. The van der Waals surface area contributed by atoms with Gasteiger partial charge in [-0.2, -0.15) is 0 Å². The smallest absolute Gasteiger partial charge is 0.254 e. The van der Waals surface area contributed by atoms with Gasteiger partial charge in [-0.05, 0) is 40.1 Å². The number of anilines is 1. The van der Waals surface area contributed by atoms with Gasteiger partial charge in [-0.25, -0.2) is 0 Å². The number of likely N-dealkylation sites (N-methyl/N-ethyl adjacent to an activating group) is 1. The summed E-state index contributed by atoms with van der Waals surface area (Å²) in [7, 11) is 3.94. The first kappa shape index (κ1) is 14.8. The molecule has 0 unspecified atom stereocenters. The summed E-state index contributed by atoms with van der Waals surface area (Å²) in [5.41, 5.74) is 6.37. The molecule has 0 aliphatic rings. The summed E-state index contributed by atoms with van der Waals surface area (Å²) in [6.45, 7) is 4.61. The number of carbonyl (C=O) groups excluding carboxylic acids is 1. The van der Waals surface area contributed by atoms with Crippen LogP contribution >= 0.6 is 11.6 Å². The number of amides is 1. The van der Waals surface area contributed by atoms with Gasteiger partial charge in [0.25, 0.3) is 5.91 Å². The maximum Gasteiger partial charge on any atom is 0.254 e. The number of rotatable bonds is 4. The van der Waals surface area contributed by atoms with Crippen LogP contribution in [0, 0.1) is 0 Å². The largest absolute Gasteiger partial charge is 0.398 e. The number of nitrogens with two attached hydrogens (primary N) is 1. The molecule has 0 saturated carbocycles. The number of nitrogens with one attached hydrogen (secondary N) is 1. The lowest BCUT2D eigenvalue weighted by Crippen LogP contribution is -2.48. The van der Waals surface area contributed by atoms with Crippen molar-refractivity contribution in [3.63, 3.8) is 0 Å². The van der Waals surface area contributed by atoms with Crippen LogP contribution in [0.2, 0.25) is 5.02 Å². The molecule has 0 saturated heterocycles. The Balaban J connectivity index is 2.79. The van der Waals surface area contributed by atoms with Gasteiger partial charge in [-0.3, -0.25) is 4.79 Å². The van der Waals surface area contributed by atoms with Crippen LogP contribution in [-0.4, -0.2) is 37.0 Å². The summed E-state index contributed by atoms with van der Waals surface area (Å²) >= 11 is 5.99. The fourth-order valence-electron chi connectivity index (χ4n) is 1.32. The van der Waals surface area contributed by atoms with E-state index in [1.54, 1.807) is 18.2 Å². The average molecular weight is 270 g/mol. The zero-order valence-corrected chi connectivity index (χ0v) is 12.0. The lowest BCUT2D eigenvalue weighted by Gasteiger charge is -2.32. The summed E-state index contributed by atoms with van der Waals surface area (Å²) in [6, 6.07) is 5.04. The molecule has 0 radical (unpaired) electrons. The van der Waals surface area contributed by atoms with Gasteiger partial charge in [-0.1, -0.05) is 17.7 Å². The second-order valence-corrected chi connectivity index (χ2v) is 5.50. The van der Waals surface area contributed by atoms with Crippen molar-refractivity contribution >= 4 is 23.2 Å². The number of hydrogen-bond acceptors (Lipinski definition) is 3. The second kappa shape index (κ2) is 5.59. The number of halogens is 1. The molecule has 5 heteroatoms. The molecule has 0 fully saturated rings. The van der Waals surface area contributed by atoms with Gasteiger partial charge in [0.05, 0.1) is 10.6 Å². The van der Waals surface area contributed by atoms with Crippen LogP contribution in [0.4, 0.5) is 5.69 Å². The molecular formula is C13H20ClN3O. The topological polar surface area (TPSA) is 58.4 Å². The molecule has 1 amide bonds. The van der Waals surface area contributed by atoms with Crippen LogP contribution in [0.25, 0.3) is 0 Å². The van der Waals surface area contributed by atoms with E-state index < -0.39 is 0 Å². The van der Waals surface area contributed by atoms with Crippen LogP contribution in [-0.2, 0) is 0 Å². The summed E-state index contributed by atoms with van der Waals surface area (Å²) < 4.78 is 0. The molecule has 0 aliphatic heterocycles. The number of hydrogen-bond donors (Lipinski definition) is 2. The Kier molecular flexibility index (Phi) is 4.59. The molecule has 3 N–H and O–H groups in total. The highest BCUT2D eigenvalue weighted by Crippen LogP contribution is 2.21. The van der Waals surface area contributed by atoms with Gasteiger partial charge in [0.2, 0.25) is 0 Å². The Bertz CT molecular complexity index is 424. The summed E-state index contributed by atoms with van der Waals surface area (Å²) in [6.07, 6.45) is 0. The maximum absolute atomic E-state index is 12.1. The van der Waals surface area contributed by atoms with Crippen LogP contribution in [0.5, 0.6) is 0 Å². The molecule has 0 bridgehead atoms. The predicted molar refractivity (Wildman–Crippen MR) is 76.0 cm³/mol. The van der Waals surface area contributed by atoms with Crippen molar-refractivity contribution in [3.8, 4) is 0 Å². The third-order valence-electron chi connectivity index (χ3n) is 3.17. The minimum Gasteiger partial charge on any atom is -0.398 e. The van der Waals surface area contributed by atoms with Crippen molar-refractivity contribution < 1.29 is 4.79 Å². The molecule has 0 aromatic heterocycles. The third kappa shape index (κ3) is 3.37. The van der Waals surface area contributed by atoms with Crippen molar-refractivity contribution in [2.45, 2.75) is 19.4 Å². The lowest BCUT2D eigenvalue weighted by atomic mass is 10.0. The molecule has 1 rings (SSSR count). The van der Waals surface area contributed by atoms with Gasteiger partial charge >= 0.3 is 0 Å². The molecule has 100 valence electrons. The quantitative estimate of drug-likeness (QED) is 0.822. The van der Waals surface area contributed by atoms with Gasteiger partial charge < -0.3 is 16.0 Å². The van der Waals surface area contributed by atoms with E-state index >= 15 is 0 Å². The molecular weight excluding hydrogens is 250 g/mol. The first-order valence-corrected chi connectivity index (χ1v) is 6.13. The monoisotopic (exact) mass is 269 g/mol. The Morgan fingerprint density at radius 1 is 1.44 bits per heavy atom. The summed E-state index contributed by atoms with van der Waals surface area (Å²) in [5, 5.41) is 3.23. The van der Waals surface area contributed by atoms with Crippen LogP contribution in [0.3, 0.4) is 0 Å². The minimum atomic E-state index is -0.243. The fourth-order valence-corrected chi connectivity index (χ4v) is 1.59. The van der Waals surface area contributed by atoms with E-state index in [-0.39, 0.29) is 11.4 Å². The molecule has 1 aromatic carbocycles.